The van der Waals surface area contributed by atoms with Crippen molar-refractivity contribution in [3.63, 3.8) is 0 Å². The number of halogens is 2. The number of β-amino-alcohol motifs (C(OH)–C–C–N with tert-alkyl or cyclic N) is 1. The van der Waals surface area contributed by atoms with Crippen LogP contribution in [0.5, 0.6) is 0 Å². The summed E-state index contributed by atoms with van der Waals surface area (Å²) in [6.07, 6.45) is 5.39. The van der Waals surface area contributed by atoms with Gasteiger partial charge in [0.25, 0.3) is 0 Å². The highest BCUT2D eigenvalue weighted by atomic mass is 35.5. The molecule has 22 heavy (non-hydrogen) atoms. The lowest BCUT2D eigenvalue weighted by atomic mass is 10.00. The van der Waals surface area contributed by atoms with Gasteiger partial charge in [-0.25, -0.2) is 0 Å². The Bertz CT molecular complexity index is 618. The van der Waals surface area contributed by atoms with Crippen LogP contribution >= 0.6 is 23.2 Å². The van der Waals surface area contributed by atoms with E-state index in [4.69, 9.17) is 23.2 Å². The number of hydrogen-bond acceptors (Lipinski definition) is 4. The first-order chi connectivity index (χ1) is 10.6. The highest BCUT2D eigenvalue weighted by Gasteiger charge is 2.32. The molecular weight excluding hydrogens is 321 g/mol. The summed E-state index contributed by atoms with van der Waals surface area (Å²) in [6.45, 7) is 2.04. The van der Waals surface area contributed by atoms with Crippen LogP contribution in [0, 0.1) is 5.92 Å². The molecule has 4 nitrogen and oxygen atoms in total. The van der Waals surface area contributed by atoms with Gasteiger partial charge in [0.2, 0.25) is 0 Å². The van der Waals surface area contributed by atoms with Crippen molar-refractivity contribution >= 4 is 23.2 Å². The minimum Gasteiger partial charge on any atom is -0.391 e. The molecule has 1 N–H and O–H groups in total. The molecule has 0 unspecified atom stereocenters. The summed E-state index contributed by atoms with van der Waals surface area (Å²) in [5.41, 5.74) is 1.87. The van der Waals surface area contributed by atoms with Gasteiger partial charge < -0.3 is 5.11 Å². The summed E-state index contributed by atoms with van der Waals surface area (Å²) < 4.78 is 0. The number of pyridine rings is 2. The van der Waals surface area contributed by atoms with Gasteiger partial charge in [-0.3, -0.25) is 14.9 Å². The van der Waals surface area contributed by atoms with E-state index in [0.717, 1.165) is 24.2 Å². The predicted molar refractivity (Wildman–Crippen MR) is 87.0 cm³/mol. The molecule has 2 aromatic rings. The maximum Gasteiger partial charge on any atom is 0.0711 e. The molecular formula is C16H17Cl2N3O. The molecule has 1 fully saturated rings. The second-order valence-electron chi connectivity index (χ2n) is 5.63. The molecule has 0 saturated carbocycles. The first kappa shape index (κ1) is 15.7. The second-order valence-corrected chi connectivity index (χ2v) is 6.44. The summed E-state index contributed by atoms with van der Waals surface area (Å²) in [4.78, 5) is 10.5. The first-order valence-electron chi connectivity index (χ1n) is 7.21. The molecule has 3 rings (SSSR count). The van der Waals surface area contributed by atoms with Crippen molar-refractivity contribution in [3.8, 4) is 0 Å². The van der Waals surface area contributed by atoms with Gasteiger partial charge in [-0.2, -0.15) is 0 Å². The van der Waals surface area contributed by atoms with Crippen molar-refractivity contribution in [1.29, 1.82) is 0 Å². The Morgan fingerprint density at radius 3 is 2.64 bits per heavy atom. The Morgan fingerprint density at radius 2 is 1.95 bits per heavy atom. The highest BCUT2D eigenvalue weighted by Crippen LogP contribution is 2.28. The monoisotopic (exact) mass is 337 g/mol. The van der Waals surface area contributed by atoms with Crippen molar-refractivity contribution in [2.75, 3.05) is 13.1 Å². The summed E-state index contributed by atoms with van der Waals surface area (Å²) in [6, 6.07) is 5.86. The molecule has 0 radical (unpaired) electrons. The lowest BCUT2D eigenvalue weighted by Gasteiger charge is -2.17. The van der Waals surface area contributed by atoms with E-state index in [1.807, 2.05) is 18.2 Å². The van der Waals surface area contributed by atoms with Gasteiger partial charge in [0.05, 0.1) is 16.1 Å². The fourth-order valence-electron chi connectivity index (χ4n) is 2.87. The number of aromatic nitrogens is 2. The van der Waals surface area contributed by atoms with Crippen molar-refractivity contribution in [3.05, 3.63) is 58.1 Å². The van der Waals surface area contributed by atoms with Gasteiger partial charge >= 0.3 is 0 Å². The summed E-state index contributed by atoms with van der Waals surface area (Å²) in [7, 11) is 0. The van der Waals surface area contributed by atoms with Gasteiger partial charge in [0.15, 0.2) is 0 Å². The third-order valence-corrected chi connectivity index (χ3v) is 4.67. The lowest BCUT2D eigenvalue weighted by Crippen LogP contribution is -2.21. The topological polar surface area (TPSA) is 49.2 Å². The molecule has 0 spiro atoms. The molecule has 116 valence electrons. The van der Waals surface area contributed by atoms with Gasteiger partial charge in [-0.15, -0.1) is 0 Å². The number of rotatable bonds is 4. The van der Waals surface area contributed by atoms with Crippen LogP contribution in [0.4, 0.5) is 0 Å². The van der Waals surface area contributed by atoms with E-state index < -0.39 is 0 Å². The van der Waals surface area contributed by atoms with Crippen LogP contribution in [-0.4, -0.2) is 39.2 Å². The SMILES string of the molecule is O[C@@H]1CN(Cc2c(Cl)cncc2Cl)C[C@H]1Cc1ccccn1. The van der Waals surface area contributed by atoms with Crippen molar-refractivity contribution in [2.24, 2.45) is 5.92 Å². The number of hydrogen-bond donors (Lipinski definition) is 1. The van der Waals surface area contributed by atoms with Gasteiger partial charge in [-0.05, 0) is 18.6 Å². The lowest BCUT2D eigenvalue weighted by molar-refractivity contribution is 0.140. The molecule has 0 aliphatic carbocycles. The molecule has 0 aromatic carbocycles. The molecule has 2 aromatic heterocycles. The number of aliphatic hydroxyl groups is 1. The zero-order valence-corrected chi connectivity index (χ0v) is 13.5. The second kappa shape index (κ2) is 6.92. The molecule has 0 amide bonds. The largest absolute Gasteiger partial charge is 0.391 e. The van der Waals surface area contributed by atoms with Crippen LogP contribution in [-0.2, 0) is 13.0 Å². The Kier molecular flexibility index (Phi) is 4.93. The van der Waals surface area contributed by atoms with E-state index in [0.29, 0.717) is 23.1 Å². The van der Waals surface area contributed by atoms with Gasteiger partial charge in [0, 0.05) is 55.4 Å². The Hall–Kier alpha value is -1.20. The summed E-state index contributed by atoms with van der Waals surface area (Å²) >= 11 is 12.3. The van der Waals surface area contributed by atoms with E-state index >= 15 is 0 Å². The molecule has 0 bridgehead atoms. The van der Waals surface area contributed by atoms with E-state index in [-0.39, 0.29) is 12.0 Å². The summed E-state index contributed by atoms with van der Waals surface area (Å²) in [5.74, 6) is 0.175. The maximum absolute atomic E-state index is 10.3. The standard InChI is InChI=1S/C16H17Cl2N3O/c17-14-6-19-7-15(18)13(14)9-21-8-11(16(22)10-21)5-12-3-1-2-4-20-12/h1-4,6-7,11,16,22H,5,8-10H2/t11-,16-/m1/s1. The minimum atomic E-state index is -0.360. The third-order valence-electron chi connectivity index (χ3n) is 4.01. The van der Waals surface area contributed by atoms with Crippen molar-refractivity contribution in [2.45, 2.75) is 19.1 Å². The fraction of sp³-hybridized carbons (Fsp3) is 0.375. The Morgan fingerprint density at radius 1 is 1.18 bits per heavy atom. The number of likely N-dealkylation sites (tertiary alicyclic amines) is 1. The third kappa shape index (κ3) is 3.58. The van der Waals surface area contributed by atoms with Crippen molar-refractivity contribution in [1.82, 2.24) is 14.9 Å². The minimum absolute atomic E-state index is 0.175. The molecule has 2 atom stereocenters. The van der Waals surface area contributed by atoms with E-state index in [9.17, 15) is 5.11 Å². The first-order valence-corrected chi connectivity index (χ1v) is 7.97. The summed E-state index contributed by atoms with van der Waals surface area (Å²) in [5, 5.41) is 11.4. The zero-order valence-electron chi connectivity index (χ0n) is 12.0. The highest BCUT2D eigenvalue weighted by molar-refractivity contribution is 6.35. The van der Waals surface area contributed by atoms with E-state index in [2.05, 4.69) is 14.9 Å². The van der Waals surface area contributed by atoms with Crippen molar-refractivity contribution < 1.29 is 5.11 Å². The van der Waals surface area contributed by atoms with Crippen LogP contribution in [0.1, 0.15) is 11.3 Å². The van der Waals surface area contributed by atoms with Crippen LogP contribution in [0.3, 0.4) is 0 Å². The molecule has 3 heterocycles. The molecule has 1 saturated heterocycles. The van der Waals surface area contributed by atoms with E-state index in [1.54, 1.807) is 18.6 Å². The van der Waals surface area contributed by atoms with E-state index in [1.165, 1.54) is 0 Å². The number of nitrogens with zero attached hydrogens (tertiary/aromatic N) is 3. The van der Waals surface area contributed by atoms with Crippen LogP contribution < -0.4 is 0 Å². The van der Waals surface area contributed by atoms with Crippen LogP contribution in [0.15, 0.2) is 36.8 Å². The van der Waals surface area contributed by atoms with Gasteiger partial charge in [0.1, 0.15) is 0 Å². The average Bonchev–Trinajstić information content (AvgIpc) is 2.84. The van der Waals surface area contributed by atoms with Crippen LogP contribution in [0.2, 0.25) is 10.0 Å². The average molecular weight is 338 g/mol. The fourth-order valence-corrected chi connectivity index (χ4v) is 3.36. The molecule has 6 heteroatoms. The Labute approximate surface area is 139 Å². The zero-order chi connectivity index (χ0) is 15.5. The quantitative estimate of drug-likeness (QED) is 0.931. The maximum atomic E-state index is 10.3. The van der Waals surface area contributed by atoms with Crippen LogP contribution in [0.25, 0.3) is 0 Å². The van der Waals surface area contributed by atoms with Gasteiger partial charge in [-0.1, -0.05) is 29.3 Å². The molecule has 1 aliphatic rings. The predicted octanol–water partition coefficient (Wildman–Crippen LogP) is 2.82. The smallest absolute Gasteiger partial charge is 0.0711 e. The number of aliphatic hydroxyl groups excluding tert-OH is 1. The normalized spacial score (nSPS) is 22.1. The Balaban J connectivity index is 1.66. The molecule has 1 aliphatic heterocycles.